The van der Waals surface area contributed by atoms with Crippen molar-refractivity contribution >= 4 is 11.8 Å². The molecule has 0 aliphatic carbocycles. The quantitative estimate of drug-likeness (QED) is 0.733. The number of thioether (sulfide) groups is 1. The molecule has 1 rings (SSSR count). The van der Waals surface area contributed by atoms with Gasteiger partial charge in [-0.3, -0.25) is 4.90 Å². The Hall–Kier alpha value is 0.230. The Kier molecular flexibility index (Phi) is 7.51. The molecule has 0 amide bonds. The Labute approximate surface area is 111 Å². The van der Waals surface area contributed by atoms with E-state index in [-0.39, 0.29) is 0 Å². The highest BCUT2D eigenvalue weighted by Gasteiger charge is 2.25. The van der Waals surface area contributed by atoms with E-state index < -0.39 is 0 Å². The predicted molar refractivity (Wildman–Crippen MR) is 78.7 cm³/mol. The fourth-order valence-electron chi connectivity index (χ4n) is 2.82. The van der Waals surface area contributed by atoms with Crippen molar-refractivity contribution in [2.24, 2.45) is 5.73 Å². The van der Waals surface area contributed by atoms with Crippen molar-refractivity contribution in [2.75, 3.05) is 45.2 Å². The molecule has 1 fully saturated rings. The smallest absolute Gasteiger partial charge is 0.0222 e. The first kappa shape index (κ1) is 15.3. The zero-order valence-electron chi connectivity index (χ0n) is 11.7. The van der Waals surface area contributed by atoms with E-state index in [9.17, 15) is 0 Å². The molecule has 0 saturated carbocycles. The van der Waals surface area contributed by atoms with Crippen molar-refractivity contribution in [2.45, 2.75) is 38.3 Å². The Balaban J connectivity index is 2.47. The molecule has 1 aliphatic rings. The van der Waals surface area contributed by atoms with Crippen molar-refractivity contribution in [3.8, 4) is 0 Å². The zero-order chi connectivity index (χ0) is 12.7. The van der Waals surface area contributed by atoms with Gasteiger partial charge in [-0.05, 0) is 51.8 Å². The van der Waals surface area contributed by atoms with Crippen LogP contribution < -0.4 is 5.73 Å². The summed E-state index contributed by atoms with van der Waals surface area (Å²) in [7, 11) is 2.23. The lowest BCUT2D eigenvalue weighted by Crippen LogP contribution is -2.47. The van der Waals surface area contributed by atoms with Gasteiger partial charge in [0.25, 0.3) is 0 Å². The maximum Gasteiger partial charge on any atom is 0.0222 e. The van der Waals surface area contributed by atoms with Gasteiger partial charge in [-0.1, -0.05) is 0 Å². The van der Waals surface area contributed by atoms with Crippen molar-refractivity contribution in [3.63, 3.8) is 0 Å². The first-order chi connectivity index (χ1) is 8.19. The highest BCUT2D eigenvalue weighted by Crippen LogP contribution is 2.16. The highest BCUT2D eigenvalue weighted by atomic mass is 32.2. The SMILES string of the molecule is CSCCCC(CN)N1CCCN(C)CC1C. The van der Waals surface area contributed by atoms with Gasteiger partial charge in [0, 0.05) is 31.7 Å². The minimum absolute atomic E-state index is 0.587. The van der Waals surface area contributed by atoms with Gasteiger partial charge in [0.15, 0.2) is 0 Å². The van der Waals surface area contributed by atoms with Gasteiger partial charge in [0.2, 0.25) is 0 Å². The number of nitrogens with zero attached hydrogens (tertiary/aromatic N) is 2. The number of hydrogen-bond donors (Lipinski definition) is 1. The molecule has 0 aromatic rings. The normalized spacial score (nSPS) is 25.8. The molecular formula is C13H29N3S. The van der Waals surface area contributed by atoms with Crippen LogP contribution in [0.15, 0.2) is 0 Å². The van der Waals surface area contributed by atoms with Crippen LogP contribution in [0.2, 0.25) is 0 Å². The fourth-order valence-corrected chi connectivity index (χ4v) is 3.27. The predicted octanol–water partition coefficient (Wildman–Crippen LogP) is 1.48. The summed E-state index contributed by atoms with van der Waals surface area (Å²) in [4.78, 5) is 5.09. The molecule has 0 bridgehead atoms. The summed E-state index contributed by atoms with van der Waals surface area (Å²) in [6, 6.07) is 1.23. The highest BCUT2D eigenvalue weighted by molar-refractivity contribution is 7.98. The minimum atomic E-state index is 0.587. The van der Waals surface area contributed by atoms with E-state index in [0.29, 0.717) is 12.1 Å². The van der Waals surface area contributed by atoms with Gasteiger partial charge < -0.3 is 10.6 Å². The minimum Gasteiger partial charge on any atom is -0.329 e. The average Bonchev–Trinajstić information content (AvgIpc) is 2.46. The largest absolute Gasteiger partial charge is 0.329 e. The number of likely N-dealkylation sites (N-methyl/N-ethyl adjacent to an activating group) is 1. The van der Waals surface area contributed by atoms with Crippen molar-refractivity contribution in [3.05, 3.63) is 0 Å². The topological polar surface area (TPSA) is 32.5 Å². The summed E-state index contributed by atoms with van der Waals surface area (Å²) in [5.41, 5.74) is 5.97. The van der Waals surface area contributed by atoms with Gasteiger partial charge in [-0.15, -0.1) is 0 Å². The molecule has 1 heterocycles. The molecular weight excluding hydrogens is 230 g/mol. The molecule has 102 valence electrons. The molecule has 1 saturated heterocycles. The van der Waals surface area contributed by atoms with Crippen LogP contribution in [-0.4, -0.2) is 67.1 Å². The summed E-state index contributed by atoms with van der Waals surface area (Å²) in [5, 5.41) is 0. The van der Waals surface area contributed by atoms with Crippen LogP contribution in [0.4, 0.5) is 0 Å². The first-order valence-corrected chi connectivity index (χ1v) is 8.21. The first-order valence-electron chi connectivity index (χ1n) is 6.82. The molecule has 3 nitrogen and oxygen atoms in total. The van der Waals surface area contributed by atoms with Gasteiger partial charge >= 0.3 is 0 Å². The molecule has 2 atom stereocenters. The maximum atomic E-state index is 5.97. The van der Waals surface area contributed by atoms with Crippen LogP contribution in [0, 0.1) is 0 Å². The molecule has 0 aromatic heterocycles. The second-order valence-corrected chi connectivity index (χ2v) is 6.21. The van der Waals surface area contributed by atoms with Crippen LogP contribution in [0.1, 0.15) is 26.2 Å². The van der Waals surface area contributed by atoms with Crippen LogP contribution >= 0.6 is 11.8 Å². The maximum absolute atomic E-state index is 5.97. The molecule has 0 radical (unpaired) electrons. The zero-order valence-corrected chi connectivity index (χ0v) is 12.5. The van der Waals surface area contributed by atoms with Crippen molar-refractivity contribution in [1.82, 2.24) is 9.80 Å². The molecule has 2 N–H and O–H groups in total. The summed E-state index contributed by atoms with van der Waals surface area (Å²) in [6.07, 6.45) is 6.01. The van der Waals surface area contributed by atoms with E-state index >= 15 is 0 Å². The molecule has 4 heteroatoms. The third-order valence-electron chi connectivity index (χ3n) is 3.73. The lowest BCUT2D eigenvalue weighted by Gasteiger charge is -2.35. The monoisotopic (exact) mass is 259 g/mol. The standard InChI is InChI=1S/C13H29N3S/c1-12-11-15(2)7-5-8-16(12)13(10-14)6-4-9-17-3/h12-13H,4-11,14H2,1-3H3. The van der Waals surface area contributed by atoms with E-state index in [1.807, 2.05) is 11.8 Å². The van der Waals surface area contributed by atoms with Crippen molar-refractivity contribution < 1.29 is 0 Å². The Morgan fingerprint density at radius 1 is 1.41 bits per heavy atom. The van der Waals surface area contributed by atoms with E-state index in [1.165, 1.54) is 44.6 Å². The summed E-state index contributed by atoms with van der Waals surface area (Å²) in [5.74, 6) is 1.26. The molecule has 0 aromatic carbocycles. The van der Waals surface area contributed by atoms with Gasteiger partial charge in [-0.25, -0.2) is 0 Å². The lowest BCUT2D eigenvalue weighted by atomic mass is 10.1. The number of rotatable bonds is 6. The molecule has 2 unspecified atom stereocenters. The van der Waals surface area contributed by atoms with Crippen LogP contribution in [0.25, 0.3) is 0 Å². The third-order valence-corrected chi connectivity index (χ3v) is 4.42. The summed E-state index contributed by atoms with van der Waals surface area (Å²) < 4.78 is 0. The Bertz CT molecular complexity index is 201. The summed E-state index contributed by atoms with van der Waals surface area (Å²) in [6.45, 7) is 6.77. The second-order valence-electron chi connectivity index (χ2n) is 5.23. The van der Waals surface area contributed by atoms with E-state index in [1.54, 1.807) is 0 Å². The van der Waals surface area contributed by atoms with E-state index in [0.717, 1.165) is 6.54 Å². The lowest BCUT2D eigenvalue weighted by molar-refractivity contribution is 0.139. The van der Waals surface area contributed by atoms with E-state index in [2.05, 4.69) is 30.0 Å². The number of nitrogens with two attached hydrogens (primary N) is 1. The fraction of sp³-hybridized carbons (Fsp3) is 1.00. The van der Waals surface area contributed by atoms with Crippen LogP contribution in [0.5, 0.6) is 0 Å². The van der Waals surface area contributed by atoms with Gasteiger partial charge in [0.05, 0.1) is 0 Å². The van der Waals surface area contributed by atoms with Gasteiger partial charge in [0.1, 0.15) is 0 Å². The Morgan fingerprint density at radius 2 is 2.18 bits per heavy atom. The number of hydrogen-bond acceptors (Lipinski definition) is 4. The van der Waals surface area contributed by atoms with Gasteiger partial charge in [-0.2, -0.15) is 11.8 Å². The Morgan fingerprint density at radius 3 is 2.82 bits per heavy atom. The molecule has 1 aliphatic heterocycles. The second kappa shape index (κ2) is 8.35. The van der Waals surface area contributed by atoms with Crippen LogP contribution in [0.3, 0.4) is 0 Å². The van der Waals surface area contributed by atoms with E-state index in [4.69, 9.17) is 5.73 Å². The summed E-state index contributed by atoms with van der Waals surface area (Å²) >= 11 is 1.94. The third kappa shape index (κ3) is 5.16. The molecule has 17 heavy (non-hydrogen) atoms. The van der Waals surface area contributed by atoms with Crippen LogP contribution in [-0.2, 0) is 0 Å². The van der Waals surface area contributed by atoms with Crippen molar-refractivity contribution in [1.29, 1.82) is 0 Å². The molecule has 0 spiro atoms. The average molecular weight is 259 g/mol.